The summed E-state index contributed by atoms with van der Waals surface area (Å²) in [4.78, 5) is 0.396. The molecule has 0 aliphatic heterocycles. The van der Waals surface area contributed by atoms with Crippen molar-refractivity contribution in [3.63, 3.8) is 0 Å². The quantitative estimate of drug-likeness (QED) is 0.300. The van der Waals surface area contributed by atoms with E-state index in [9.17, 15) is 8.42 Å². The van der Waals surface area contributed by atoms with Gasteiger partial charge in [-0.2, -0.15) is 0 Å². The fourth-order valence-corrected chi connectivity index (χ4v) is 5.48. The van der Waals surface area contributed by atoms with Gasteiger partial charge in [0.25, 0.3) is 0 Å². The third-order valence-electron chi connectivity index (χ3n) is 5.32. The Bertz CT molecular complexity index is 770. The van der Waals surface area contributed by atoms with Gasteiger partial charge in [-0.1, -0.05) is 95.0 Å². The predicted molar refractivity (Wildman–Crippen MR) is 119 cm³/mol. The van der Waals surface area contributed by atoms with Crippen molar-refractivity contribution in [1.29, 1.82) is 0 Å². The SMILES string of the molecule is CCCCCCCCCCCC(c1ccc(N)cc1)S(=O)(=O)c1ccccc1. The summed E-state index contributed by atoms with van der Waals surface area (Å²) in [5.41, 5.74) is 7.28. The van der Waals surface area contributed by atoms with Crippen molar-refractivity contribution in [2.24, 2.45) is 0 Å². The fourth-order valence-electron chi connectivity index (χ4n) is 3.63. The van der Waals surface area contributed by atoms with Gasteiger partial charge in [0.2, 0.25) is 0 Å². The Morgan fingerprint density at radius 2 is 1.29 bits per heavy atom. The van der Waals surface area contributed by atoms with Gasteiger partial charge in [-0.15, -0.1) is 0 Å². The molecular weight excluding hydrogens is 366 g/mol. The lowest BCUT2D eigenvalue weighted by Gasteiger charge is -2.19. The van der Waals surface area contributed by atoms with E-state index < -0.39 is 15.1 Å². The van der Waals surface area contributed by atoms with E-state index in [-0.39, 0.29) is 0 Å². The van der Waals surface area contributed by atoms with E-state index in [1.54, 1.807) is 36.4 Å². The van der Waals surface area contributed by atoms with Crippen molar-refractivity contribution >= 4 is 15.5 Å². The number of hydrogen-bond donors (Lipinski definition) is 1. The van der Waals surface area contributed by atoms with Crippen LogP contribution in [0.15, 0.2) is 59.5 Å². The van der Waals surface area contributed by atoms with Crippen LogP contribution in [0.5, 0.6) is 0 Å². The number of hydrogen-bond acceptors (Lipinski definition) is 3. The van der Waals surface area contributed by atoms with Gasteiger partial charge in [0.15, 0.2) is 9.84 Å². The number of sulfone groups is 1. The molecule has 2 N–H and O–H groups in total. The van der Waals surface area contributed by atoms with Gasteiger partial charge >= 0.3 is 0 Å². The van der Waals surface area contributed by atoms with Crippen LogP contribution in [-0.4, -0.2) is 8.42 Å². The molecule has 1 atom stereocenters. The van der Waals surface area contributed by atoms with Crippen molar-refractivity contribution in [3.05, 3.63) is 60.2 Å². The molecule has 4 heteroatoms. The summed E-state index contributed by atoms with van der Waals surface area (Å²) in [6.45, 7) is 2.24. The Hall–Kier alpha value is -1.81. The van der Waals surface area contributed by atoms with E-state index in [2.05, 4.69) is 6.92 Å². The van der Waals surface area contributed by atoms with Crippen molar-refractivity contribution in [1.82, 2.24) is 0 Å². The van der Waals surface area contributed by atoms with Crippen LogP contribution >= 0.6 is 0 Å². The van der Waals surface area contributed by atoms with Crippen LogP contribution in [0.3, 0.4) is 0 Å². The van der Waals surface area contributed by atoms with Crippen LogP contribution in [0.2, 0.25) is 0 Å². The largest absolute Gasteiger partial charge is 0.399 e. The summed E-state index contributed by atoms with van der Waals surface area (Å²) in [5.74, 6) is 0. The van der Waals surface area contributed by atoms with Crippen LogP contribution in [-0.2, 0) is 9.84 Å². The van der Waals surface area contributed by atoms with Crippen molar-refractivity contribution < 1.29 is 8.42 Å². The molecule has 0 amide bonds. The number of rotatable bonds is 13. The average molecular weight is 402 g/mol. The molecule has 0 saturated carbocycles. The molecule has 0 aliphatic carbocycles. The zero-order chi connectivity index (χ0) is 20.2. The van der Waals surface area contributed by atoms with E-state index in [1.807, 2.05) is 18.2 Å². The van der Waals surface area contributed by atoms with Crippen LogP contribution in [0.1, 0.15) is 81.9 Å². The summed E-state index contributed by atoms with van der Waals surface area (Å²) < 4.78 is 26.5. The molecule has 1 unspecified atom stereocenters. The van der Waals surface area contributed by atoms with Crippen LogP contribution in [0.4, 0.5) is 5.69 Å². The summed E-state index contributed by atoms with van der Waals surface area (Å²) >= 11 is 0. The number of nitrogens with two attached hydrogens (primary N) is 1. The molecule has 0 radical (unpaired) electrons. The second kappa shape index (κ2) is 11.9. The predicted octanol–water partition coefficient (Wildman–Crippen LogP) is 6.70. The highest BCUT2D eigenvalue weighted by Gasteiger charge is 2.28. The number of anilines is 1. The molecule has 154 valence electrons. The molecule has 2 aromatic carbocycles. The van der Waals surface area contributed by atoms with Crippen molar-refractivity contribution in [2.75, 3.05) is 5.73 Å². The molecule has 0 aliphatic rings. The third kappa shape index (κ3) is 6.97. The zero-order valence-electron chi connectivity index (χ0n) is 17.1. The molecule has 3 nitrogen and oxygen atoms in total. The molecule has 0 saturated heterocycles. The van der Waals surface area contributed by atoms with Gasteiger partial charge in [-0.3, -0.25) is 0 Å². The average Bonchev–Trinajstić information content (AvgIpc) is 2.71. The summed E-state index contributed by atoms with van der Waals surface area (Å²) in [7, 11) is -3.42. The van der Waals surface area contributed by atoms with Crippen molar-refractivity contribution in [3.8, 4) is 0 Å². The maximum atomic E-state index is 13.3. The molecule has 0 aromatic heterocycles. The van der Waals surface area contributed by atoms with Crippen LogP contribution < -0.4 is 5.73 Å². The smallest absolute Gasteiger partial charge is 0.185 e. The van der Waals surface area contributed by atoms with Gasteiger partial charge in [-0.25, -0.2) is 8.42 Å². The monoisotopic (exact) mass is 401 g/mol. The number of benzene rings is 2. The lowest BCUT2D eigenvalue weighted by Crippen LogP contribution is -2.14. The lowest BCUT2D eigenvalue weighted by atomic mass is 10.0. The van der Waals surface area contributed by atoms with Crippen LogP contribution in [0.25, 0.3) is 0 Å². The van der Waals surface area contributed by atoms with Gasteiger partial charge in [-0.05, 0) is 36.2 Å². The van der Waals surface area contributed by atoms with E-state index in [0.29, 0.717) is 17.0 Å². The summed E-state index contributed by atoms with van der Waals surface area (Å²) in [5, 5.41) is -0.514. The normalized spacial score (nSPS) is 12.8. The maximum absolute atomic E-state index is 13.3. The first-order valence-electron chi connectivity index (χ1n) is 10.7. The highest BCUT2D eigenvalue weighted by atomic mass is 32.2. The Kier molecular flexibility index (Phi) is 9.56. The van der Waals surface area contributed by atoms with Crippen LogP contribution in [0, 0.1) is 0 Å². The molecular formula is C24H35NO2S. The molecule has 0 bridgehead atoms. The van der Waals surface area contributed by atoms with Crippen molar-refractivity contribution in [2.45, 2.75) is 81.3 Å². The molecule has 0 spiro atoms. The Balaban J connectivity index is 1.96. The minimum absolute atomic E-state index is 0.396. The maximum Gasteiger partial charge on any atom is 0.185 e. The Labute approximate surface area is 171 Å². The van der Waals surface area contributed by atoms with Gasteiger partial charge in [0.05, 0.1) is 10.1 Å². The second-order valence-electron chi connectivity index (χ2n) is 7.63. The van der Waals surface area contributed by atoms with E-state index in [1.165, 1.54) is 44.9 Å². The van der Waals surface area contributed by atoms with Gasteiger partial charge in [0, 0.05) is 5.69 Å². The molecule has 2 aromatic rings. The van der Waals surface area contributed by atoms with E-state index >= 15 is 0 Å². The van der Waals surface area contributed by atoms with E-state index in [0.717, 1.165) is 18.4 Å². The second-order valence-corrected chi connectivity index (χ2v) is 9.76. The molecule has 28 heavy (non-hydrogen) atoms. The lowest BCUT2D eigenvalue weighted by molar-refractivity contribution is 0.540. The van der Waals surface area contributed by atoms with Gasteiger partial charge < -0.3 is 5.73 Å². The molecule has 0 heterocycles. The minimum atomic E-state index is -3.42. The Morgan fingerprint density at radius 1 is 0.750 bits per heavy atom. The third-order valence-corrected chi connectivity index (χ3v) is 7.51. The first-order valence-corrected chi connectivity index (χ1v) is 12.2. The molecule has 2 rings (SSSR count). The Morgan fingerprint density at radius 3 is 1.86 bits per heavy atom. The highest BCUT2D eigenvalue weighted by molar-refractivity contribution is 7.91. The fraction of sp³-hybridized carbons (Fsp3) is 0.500. The van der Waals surface area contributed by atoms with Gasteiger partial charge in [0.1, 0.15) is 0 Å². The zero-order valence-corrected chi connectivity index (χ0v) is 18.0. The summed E-state index contributed by atoms with van der Waals surface area (Å²) in [6.07, 6.45) is 11.7. The molecule has 0 fully saturated rings. The summed E-state index contributed by atoms with van der Waals surface area (Å²) in [6, 6.07) is 16.1. The first-order chi connectivity index (χ1) is 13.6. The first kappa shape index (κ1) is 22.5. The number of unbranched alkanes of at least 4 members (excludes halogenated alkanes) is 8. The standard InChI is InChI=1S/C24H35NO2S/c1-2-3-4-5-6-7-8-9-13-16-24(21-17-19-22(25)20-18-21)28(26,27)23-14-11-10-12-15-23/h10-12,14-15,17-20,24H,2-9,13,16,25H2,1H3. The van der Waals surface area contributed by atoms with E-state index in [4.69, 9.17) is 5.73 Å². The topological polar surface area (TPSA) is 60.2 Å². The highest BCUT2D eigenvalue weighted by Crippen LogP contribution is 2.34. The number of nitrogen functional groups attached to an aromatic ring is 1. The minimum Gasteiger partial charge on any atom is -0.399 e.